The third kappa shape index (κ3) is 0.896. The number of amides is 3. The molecule has 12 heavy (non-hydrogen) atoms. The maximum atomic E-state index is 11.4. The fourth-order valence-corrected chi connectivity index (χ4v) is 1.68. The fraction of sp³-hybridized carbons (Fsp3) is 0.714. The number of fused-ring (bicyclic) bond motifs is 3. The third-order valence-electron chi connectivity index (χ3n) is 2.29. The average molecular weight is 169 g/mol. The van der Waals surface area contributed by atoms with Crippen LogP contribution in [0, 0.1) is 0 Å². The highest BCUT2D eigenvalue weighted by Crippen LogP contribution is 2.16. The molecule has 3 aliphatic heterocycles. The monoisotopic (exact) mass is 169 g/mol. The van der Waals surface area contributed by atoms with E-state index in [1.165, 1.54) is 11.9 Å². The second kappa shape index (κ2) is 2.45. The van der Waals surface area contributed by atoms with Gasteiger partial charge in [0.1, 0.15) is 0 Å². The number of rotatable bonds is 0. The smallest absolute Gasteiger partial charge is 0.320 e. The largest absolute Gasteiger partial charge is 0.341 e. The maximum Gasteiger partial charge on any atom is 0.341 e. The molecule has 3 fully saturated rings. The van der Waals surface area contributed by atoms with Crippen LogP contribution in [0.3, 0.4) is 0 Å². The van der Waals surface area contributed by atoms with Crippen molar-refractivity contribution in [2.75, 3.05) is 26.2 Å². The molecule has 0 radical (unpaired) electrons. The Morgan fingerprint density at radius 3 is 2.17 bits per heavy atom. The van der Waals surface area contributed by atoms with Gasteiger partial charge in [0.2, 0.25) is 5.91 Å². The Morgan fingerprint density at radius 2 is 1.83 bits per heavy atom. The number of nitrogens with zero attached hydrogens (tertiary/aromatic N) is 3. The summed E-state index contributed by atoms with van der Waals surface area (Å²) < 4.78 is 0. The van der Waals surface area contributed by atoms with E-state index >= 15 is 0 Å². The van der Waals surface area contributed by atoms with Gasteiger partial charge < -0.3 is 4.90 Å². The number of hydrazine groups is 1. The fourth-order valence-electron chi connectivity index (χ4n) is 1.68. The number of piperazine rings is 1. The van der Waals surface area contributed by atoms with Crippen LogP contribution in [-0.4, -0.2) is 53.0 Å². The summed E-state index contributed by atoms with van der Waals surface area (Å²) in [6.07, 6.45) is 0. The van der Waals surface area contributed by atoms with Crippen LogP contribution in [0.2, 0.25) is 0 Å². The molecule has 3 aliphatic rings. The Hall–Kier alpha value is -1.10. The zero-order chi connectivity index (χ0) is 8.72. The summed E-state index contributed by atoms with van der Waals surface area (Å²) in [6.45, 7) is 4.49. The molecule has 66 valence electrons. The molecule has 0 spiro atoms. The number of carbonyl (C=O) groups is 2. The lowest BCUT2D eigenvalue weighted by Crippen LogP contribution is -2.67. The minimum Gasteiger partial charge on any atom is -0.320 e. The molecular weight excluding hydrogens is 158 g/mol. The van der Waals surface area contributed by atoms with Crippen LogP contribution in [0.5, 0.6) is 0 Å². The van der Waals surface area contributed by atoms with Gasteiger partial charge >= 0.3 is 6.03 Å². The minimum absolute atomic E-state index is 0.167. The van der Waals surface area contributed by atoms with Crippen LogP contribution in [0.1, 0.15) is 6.92 Å². The maximum absolute atomic E-state index is 11.4. The lowest BCUT2D eigenvalue weighted by atomic mass is 10.3. The Balaban J connectivity index is 2.24. The first-order valence-electron chi connectivity index (χ1n) is 4.04. The van der Waals surface area contributed by atoms with Gasteiger partial charge in [0.15, 0.2) is 0 Å². The molecule has 0 aromatic heterocycles. The van der Waals surface area contributed by atoms with Gasteiger partial charge in [-0.25, -0.2) is 9.80 Å². The van der Waals surface area contributed by atoms with Gasteiger partial charge in [-0.3, -0.25) is 4.79 Å². The number of urea groups is 1. The van der Waals surface area contributed by atoms with Crippen LogP contribution in [0.15, 0.2) is 0 Å². The molecule has 5 heteroatoms. The Morgan fingerprint density at radius 1 is 1.25 bits per heavy atom. The normalized spacial score (nSPS) is 23.6. The molecule has 3 heterocycles. The quantitative estimate of drug-likeness (QED) is 0.491. The SMILES string of the molecule is CC(=O)N1C(=O)N2CCN1CC2. The van der Waals surface area contributed by atoms with E-state index in [9.17, 15) is 9.59 Å². The molecular formula is C7H11N3O2. The van der Waals surface area contributed by atoms with Crippen molar-refractivity contribution in [1.29, 1.82) is 0 Å². The molecule has 3 saturated heterocycles. The summed E-state index contributed by atoms with van der Waals surface area (Å²) >= 11 is 0. The van der Waals surface area contributed by atoms with E-state index in [4.69, 9.17) is 0 Å². The van der Waals surface area contributed by atoms with Crippen molar-refractivity contribution < 1.29 is 9.59 Å². The molecule has 0 unspecified atom stereocenters. The van der Waals surface area contributed by atoms with Crippen LogP contribution < -0.4 is 0 Å². The zero-order valence-electron chi connectivity index (χ0n) is 6.99. The first-order valence-corrected chi connectivity index (χ1v) is 4.04. The van der Waals surface area contributed by atoms with Crippen molar-refractivity contribution in [3.8, 4) is 0 Å². The summed E-state index contributed by atoms with van der Waals surface area (Å²) in [5.74, 6) is -0.190. The summed E-state index contributed by atoms with van der Waals surface area (Å²) in [4.78, 5) is 24.2. The number of hydrogen-bond donors (Lipinski definition) is 0. The first kappa shape index (κ1) is 7.54. The summed E-state index contributed by atoms with van der Waals surface area (Å²) in [6, 6.07) is -0.167. The van der Waals surface area contributed by atoms with Crippen LogP contribution in [0.4, 0.5) is 4.79 Å². The molecule has 2 bridgehead atoms. The predicted molar refractivity (Wildman–Crippen MR) is 41.1 cm³/mol. The van der Waals surface area contributed by atoms with E-state index in [2.05, 4.69) is 0 Å². The molecule has 0 aliphatic carbocycles. The van der Waals surface area contributed by atoms with E-state index in [0.717, 1.165) is 26.2 Å². The molecule has 3 amide bonds. The third-order valence-corrected chi connectivity index (χ3v) is 2.29. The zero-order valence-corrected chi connectivity index (χ0v) is 6.99. The van der Waals surface area contributed by atoms with Crippen LogP contribution in [0.25, 0.3) is 0 Å². The predicted octanol–water partition coefficient (Wildman–Crippen LogP) is -0.499. The van der Waals surface area contributed by atoms with E-state index in [1.807, 2.05) is 5.01 Å². The van der Waals surface area contributed by atoms with E-state index in [0.29, 0.717) is 0 Å². The Labute approximate surface area is 70.5 Å². The Kier molecular flexibility index (Phi) is 1.54. The summed E-state index contributed by atoms with van der Waals surface area (Å²) in [7, 11) is 0. The van der Waals surface area contributed by atoms with Crippen molar-refractivity contribution in [3.63, 3.8) is 0 Å². The standard InChI is InChI=1S/C7H11N3O2/c1-6(11)10-7(12)8-2-4-9(10)5-3-8/h2-5H2,1H3. The number of imide groups is 1. The van der Waals surface area contributed by atoms with Crippen molar-refractivity contribution in [2.45, 2.75) is 6.92 Å². The van der Waals surface area contributed by atoms with Gasteiger partial charge in [-0.2, -0.15) is 5.01 Å². The lowest BCUT2D eigenvalue weighted by Gasteiger charge is -2.47. The molecule has 0 aromatic carbocycles. The second-order valence-corrected chi connectivity index (χ2v) is 3.05. The average Bonchev–Trinajstić information content (AvgIpc) is 2.05. The van der Waals surface area contributed by atoms with E-state index in [1.54, 1.807) is 4.90 Å². The molecule has 0 N–H and O–H groups in total. The highest BCUT2D eigenvalue weighted by Gasteiger charge is 2.38. The molecule has 0 aromatic rings. The van der Waals surface area contributed by atoms with E-state index in [-0.39, 0.29) is 11.9 Å². The van der Waals surface area contributed by atoms with Crippen molar-refractivity contribution in [1.82, 2.24) is 14.9 Å². The van der Waals surface area contributed by atoms with E-state index < -0.39 is 0 Å². The number of hydrogen-bond acceptors (Lipinski definition) is 3. The van der Waals surface area contributed by atoms with Gasteiger partial charge in [-0.1, -0.05) is 0 Å². The highest BCUT2D eigenvalue weighted by atomic mass is 16.2. The molecule has 0 saturated carbocycles. The van der Waals surface area contributed by atoms with Crippen molar-refractivity contribution in [2.24, 2.45) is 0 Å². The lowest BCUT2D eigenvalue weighted by molar-refractivity contribution is -0.149. The van der Waals surface area contributed by atoms with Crippen LogP contribution >= 0.6 is 0 Å². The Bertz CT molecular complexity index is 233. The number of carbonyl (C=O) groups excluding carboxylic acids is 2. The van der Waals surface area contributed by atoms with Crippen LogP contribution in [-0.2, 0) is 4.79 Å². The summed E-state index contributed by atoms with van der Waals surface area (Å²) in [5, 5.41) is 3.04. The second-order valence-electron chi connectivity index (χ2n) is 3.05. The van der Waals surface area contributed by atoms with Crippen molar-refractivity contribution >= 4 is 11.9 Å². The molecule has 5 nitrogen and oxygen atoms in total. The minimum atomic E-state index is -0.190. The first-order chi connectivity index (χ1) is 5.70. The van der Waals surface area contributed by atoms with Gasteiger partial charge in [0.25, 0.3) is 0 Å². The van der Waals surface area contributed by atoms with Gasteiger partial charge in [-0.05, 0) is 0 Å². The topological polar surface area (TPSA) is 43.9 Å². The van der Waals surface area contributed by atoms with Gasteiger partial charge in [0, 0.05) is 33.1 Å². The van der Waals surface area contributed by atoms with Gasteiger partial charge in [0.05, 0.1) is 0 Å². The molecule has 3 rings (SSSR count). The van der Waals surface area contributed by atoms with Crippen molar-refractivity contribution in [3.05, 3.63) is 0 Å². The highest BCUT2D eigenvalue weighted by molar-refractivity contribution is 5.93. The molecule has 0 atom stereocenters. The van der Waals surface area contributed by atoms with Gasteiger partial charge in [-0.15, -0.1) is 0 Å². The summed E-state index contributed by atoms with van der Waals surface area (Å²) in [5.41, 5.74) is 0.